The molecule has 1 aliphatic rings. The number of halogens is 1. The Balaban J connectivity index is 1.97. The van der Waals surface area contributed by atoms with Crippen LogP contribution in [0.5, 0.6) is 0 Å². The van der Waals surface area contributed by atoms with Gasteiger partial charge in [0.05, 0.1) is 15.9 Å². The molecule has 0 saturated heterocycles. The molecule has 2 aromatic carbocycles. The number of aliphatic hydroxyl groups is 1. The number of anilines is 2. The van der Waals surface area contributed by atoms with Gasteiger partial charge in [-0.05, 0) is 61.8 Å². The zero-order valence-corrected chi connectivity index (χ0v) is 19.9. The van der Waals surface area contributed by atoms with Crippen molar-refractivity contribution in [2.45, 2.75) is 37.5 Å². The molecule has 0 bridgehead atoms. The molecule has 0 fully saturated rings. The van der Waals surface area contributed by atoms with Crippen LogP contribution >= 0.6 is 11.6 Å². The predicted molar refractivity (Wildman–Crippen MR) is 140 cm³/mol. The first kappa shape index (κ1) is 22.6. The number of hydrogen-bond donors (Lipinski definition) is 1. The molecule has 1 aromatic heterocycles. The van der Waals surface area contributed by atoms with E-state index in [0.29, 0.717) is 10.8 Å². The van der Waals surface area contributed by atoms with Crippen LogP contribution in [0.15, 0.2) is 41.2 Å². The van der Waals surface area contributed by atoms with Gasteiger partial charge in [0.2, 0.25) is 0 Å². The average molecular weight is 443 g/mol. The highest BCUT2D eigenvalue weighted by Gasteiger charge is 2.27. The monoisotopic (exact) mass is 443 g/mol. The van der Waals surface area contributed by atoms with Gasteiger partial charge in [0, 0.05) is 17.8 Å². The van der Waals surface area contributed by atoms with Gasteiger partial charge in [0.1, 0.15) is 35.0 Å². The van der Waals surface area contributed by atoms with Crippen molar-refractivity contribution < 1.29 is 5.11 Å². The second kappa shape index (κ2) is 8.06. The number of hydrogen-bond acceptors (Lipinski definition) is 4. The Morgan fingerprint density at radius 1 is 1.16 bits per heavy atom. The minimum atomic E-state index is -1.07. The van der Waals surface area contributed by atoms with Crippen LogP contribution in [0.1, 0.15) is 31.4 Å². The molecule has 0 saturated carbocycles. The van der Waals surface area contributed by atoms with Crippen molar-refractivity contribution in [2.24, 2.45) is 0 Å². The number of rotatable bonds is 2. The molecular weight excluding hydrogens is 418 g/mol. The Bertz CT molecular complexity index is 1330. The Morgan fingerprint density at radius 2 is 1.88 bits per heavy atom. The van der Waals surface area contributed by atoms with Crippen molar-refractivity contribution in [1.82, 2.24) is 9.55 Å². The SMILES string of the molecule is BC(B)(B)n1c(=O)nc(N2CCCc3c(C#CC(C)(C)O)cccc32)c2c(Cl)cccc21. The summed E-state index contributed by atoms with van der Waals surface area (Å²) in [6.45, 7) is 4.07. The molecule has 0 atom stereocenters. The molecule has 0 spiro atoms. The van der Waals surface area contributed by atoms with Crippen molar-refractivity contribution in [3.05, 3.63) is 63.0 Å². The largest absolute Gasteiger partial charge is 0.378 e. The fourth-order valence-corrected chi connectivity index (χ4v) is 4.50. The summed E-state index contributed by atoms with van der Waals surface area (Å²) in [7, 11) is 5.96. The molecule has 0 unspecified atom stereocenters. The first-order valence-corrected chi connectivity index (χ1v) is 11.2. The van der Waals surface area contributed by atoms with E-state index in [0.717, 1.165) is 47.1 Å². The number of fused-ring (bicyclic) bond motifs is 2. The third-order valence-corrected chi connectivity index (χ3v) is 5.84. The van der Waals surface area contributed by atoms with Gasteiger partial charge >= 0.3 is 5.69 Å². The topological polar surface area (TPSA) is 58.4 Å². The van der Waals surface area contributed by atoms with Crippen molar-refractivity contribution in [3.63, 3.8) is 0 Å². The second-order valence-corrected chi connectivity index (χ2v) is 10.1. The maximum atomic E-state index is 13.2. The van der Waals surface area contributed by atoms with Crippen molar-refractivity contribution in [3.8, 4) is 11.8 Å². The molecule has 0 amide bonds. The van der Waals surface area contributed by atoms with Crippen LogP contribution in [0.2, 0.25) is 5.02 Å². The van der Waals surface area contributed by atoms with Crippen LogP contribution in [0.4, 0.5) is 11.5 Å². The summed E-state index contributed by atoms with van der Waals surface area (Å²) in [6.07, 6.45) is 1.76. The first-order valence-electron chi connectivity index (χ1n) is 10.8. The molecule has 3 aromatic rings. The summed E-state index contributed by atoms with van der Waals surface area (Å²) >= 11 is 6.68. The predicted octanol–water partition coefficient (Wildman–Crippen LogP) is 0.724. The van der Waals surface area contributed by atoms with Gasteiger partial charge < -0.3 is 14.6 Å². The highest BCUT2D eigenvalue weighted by atomic mass is 35.5. The molecule has 0 aliphatic carbocycles. The summed E-state index contributed by atoms with van der Waals surface area (Å²) in [4.78, 5) is 19.8. The van der Waals surface area contributed by atoms with Crippen LogP contribution in [0.3, 0.4) is 0 Å². The van der Waals surface area contributed by atoms with Crippen LogP contribution < -0.4 is 10.6 Å². The highest BCUT2D eigenvalue weighted by Crippen LogP contribution is 2.39. The molecular formula is C23H25B3ClN3O2. The normalized spacial score (nSPS) is 14.1. The quantitative estimate of drug-likeness (QED) is 0.469. The maximum Gasteiger partial charge on any atom is 0.348 e. The fraction of sp³-hybridized carbons (Fsp3) is 0.304. The summed E-state index contributed by atoms with van der Waals surface area (Å²) < 4.78 is 1.70. The van der Waals surface area contributed by atoms with E-state index in [2.05, 4.69) is 21.7 Å². The molecule has 1 aliphatic heterocycles. The van der Waals surface area contributed by atoms with E-state index in [1.807, 2.05) is 59.9 Å². The number of benzene rings is 2. The smallest absolute Gasteiger partial charge is 0.348 e. The Morgan fingerprint density at radius 3 is 2.56 bits per heavy atom. The third kappa shape index (κ3) is 4.20. The lowest BCUT2D eigenvalue weighted by Gasteiger charge is -2.33. The zero-order valence-electron chi connectivity index (χ0n) is 19.2. The van der Waals surface area contributed by atoms with E-state index in [1.54, 1.807) is 18.4 Å². The molecule has 9 heteroatoms. The standard InChI is InChI=1S/C23H25B3ClN3O2/c1-22(2,32)12-11-14-6-3-9-17-15(14)7-5-13-29(17)20-19-16(27)8-4-10-18(19)30(21(31)28-20)23(24,25)26/h3-4,6,8-10,32H,5,7,13,24-26H2,1-2H3. The van der Waals surface area contributed by atoms with E-state index >= 15 is 0 Å². The minimum absolute atomic E-state index is 0.299. The van der Waals surface area contributed by atoms with Gasteiger partial charge in [-0.2, -0.15) is 4.98 Å². The lowest BCUT2D eigenvalue weighted by molar-refractivity contribution is 0.143. The van der Waals surface area contributed by atoms with E-state index in [1.165, 1.54) is 0 Å². The molecule has 4 rings (SSSR count). The summed E-state index contributed by atoms with van der Waals surface area (Å²) in [5, 5.41) is 10.9. The van der Waals surface area contributed by atoms with Gasteiger partial charge in [-0.15, -0.1) is 0 Å². The molecule has 0 radical (unpaired) electrons. The maximum absolute atomic E-state index is 13.2. The van der Waals surface area contributed by atoms with Crippen LogP contribution in [0.25, 0.3) is 10.9 Å². The molecule has 5 nitrogen and oxygen atoms in total. The number of aromatic nitrogens is 2. The lowest BCUT2D eigenvalue weighted by atomic mass is 9.49. The molecule has 160 valence electrons. The highest BCUT2D eigenvalue weighted by molar-refractivity contribution is 6.56. The second-order valence-electron chi connectivity index (χ2n) is 9.73. The van der Waals surface area contributed by atoms with Gasteiger partial charge in [0.25, 0.3) is 0 Å². The van der Waals surface area contributed by atoms with Crippen molar-refractivity contribution >= 4 is 57.5 Å². The van der Waals surface area contributed by atoms with Crippen LogP contribution in [-0.2, 0) is 11.7 Å². The summed E-state index contributed by atoms with van der Waals surface area (Å²) in [5.41, 5.74) is 2.35. The van der Waals surface area contributed by atoms with Gasteiger partial charge in [-0.25, -0.2) is 4.79 Å². The Kier molecular flexibility index (Phi) is 5.69. The average Bonchev–Trinajstić information content (AvgIpc) is 2.69. The van der Waals surface area contributed by atoms with Crippen LogP contribution in [0, 0.1) is 11.8 Å². The van der Waals surface area contributed by atoms with E-state index in [4.69, 9.17) is 11.6 Å². The Hall–Kier alpha value is -2.62. The van der Waals surface area contributed by atoms with Crippen LogP contribution in [-0.4, -0.2) is 50.3 Å². The van der Waals surface area contributed by atoms with Gasteiger partial charge in [-0.3, -0.25) is 0 Å². The van der Waals surface area contributed by atoms with Crippen molar-refractivity contribution in [1.29, 1.82) is 0 Å². The summed E-state index contributed by atoms with van der Waals surface area (Å²) in [5.74, 6) is 6.62. The first-order chi connectivity index (χ1) is 15.0. The van der Waals surface area contributed by atoms with Gasteiger partial charge in [0.15, 0.2) is 0 Å². The minimum Gasteiger partial charge on any atom is -0.378 e. The van der Waals surface area contributed by atoms with Gasteiger partial charge in [-0.1, -0.05) is 35.6 Å². The van der Waals surface area contributed by atoms with E-state index in [9.17, 15) is 9.90 Å². The lowest BCUT2D eigenvalue weighted by Crippen LogP contribution is -2.44. The zero-order chi connectivity index (χ0) is 23.3. The fourth-order valence-electron chi connectivity index (χ4n) is 4.25. The summed E-state index contributed by atoms with van der Waals surface area (Å²) in [6, 6.07) is 11.6. The third-order valence-electron chi connectivity index (χ3n) is 5.53. The molecule has 2 heterocycles. The van der Waals surface area contributed by atoms with E-state index in [-0.39, 0.29) is 5.69 Å². The van der Waals surface area contributed by atoms with Crippen molar-refractivity contribution in [2.75, 3.05) is 11.4 Å². The molecule has 1 N–H and O–H groups in total. The number of nitrogens with zero attached hydrogens (tertiary/aromatic N) is 3. The van der Waals surface area contributed by atoms with E-state index < -0.39 is 10.8 Å². The molecule has 32 heavy (non-hydrogen) atoms. The Labute approximate surface area is 196 Å².